The second kappa shape index (κ2) is 4.88. The smallest absolute Gasteiger partial charge is 0.303 e. The van der Waals surface area contributed by atoms with Crippen molar-refractivity contribution in [3.63, 3.8) is 0 Å². The van der Waals surface area contributed by atoms with E-state index in [4.69, 9.17) is 9.79 Å². The zero-order chi connectivity index (χ0) is 8.91. The van der Waals surface area contributed by atoms with E-state index < -0.39 is 7.82 Å². The molecule has 0 aliphatic rings. The van der Waals surface area contributed by atoms with Gasteiger partial charge in [0.15, 0.2) is 0 Å². The Morgan fingerprint density at radius 3 is 2.09 bits per heavy atom. The standard InChI is InChI=1S/C6H15O4P/c1-3-6(4-2)5-10-11(7,8)9/h6H,3-5H2,1-2H3,(H2,7,8,9). The Labute approximate surface area is 66.8 Å². The van der Waals surface area contributed by atoms with E-state index in [0.717, 1.165) is 12.8 Å². The summed E-state index contributed by atoms with van der Waals surface area (Å²) in [6, 6.07) is 0. The largest absolute Gasteiger partial charge is 0.469 e. The second-order valence-electron chi connectivity index (χ2n) is 2.47. The monoisotopic (exact) mass is 182 g/mol. The first kappa shape index (κ1) is 11.1. The van der Waals surface area contributed by atoms with Crippen LogP contribution in [0.1, 0.15) is 26.7 Å². The van der Waals surface area contributed by atoms with Crippen molar-refractivity contribution in [1.29, 1.82) is 0 Å². The minimum atomic E-state index is -4.25. The Hall–Kier alpha value is 0.110. The highest BCUT2D eigenvalue weighted by atomic mass is 31.2. The fourth-order valence-electron chi connectivity index (χ4n) is 0.727. The van der Waals surface area contributed by atoms with Crippen LogP contribution in [0, 0.1) is 5.92 Å². The summed E-state index contributed by atoms with van der Waals surface area (Å²) < 4.78 is 14.6. The molecule has 4 nitrogen and oxygen atoms in total. The molecule has 0 bridgehead atoms. The Morgan fingerprint density at radius 2 is 1.82 bits per heavy atom. The fourth-order valence-corrected chi connectivity index (χ4v) is 1.13. The molecule has 0 fully saturated rings. The molecular formula is C6H15O4P. The van der Waals surface area contributed by atoms with E-state index in [2.05, 4.69) is 4.52 Å². The zero-order valence-electron chi connectivity index (χ0n) is 6.86. The first-order valence-corrected chi connectivity index (χ1v) is 5.22. The van der Waals surface area contributed by atoms with Crippen molar-refractivity contribution in [1.82, 2.24) is 0 Å². The first-order chi connectivity index (χ1) is 4.99. The number of rotatable bonds is 5. The van der Waals surface area contributed by atoms with Gasteiger partial charge in [-0.05, 0) is 5.92 Å². The van der Waals surface area contributed by atoms with Crippen LogP contribution in [-0.2, 0) is 9.09 Å². The highest BCUT2D eigenvalue weighted by molar-refractivity contribution is 7.46. The molecule has 0 unspecified atom stereocenters. The minimum Gasteiger partial charge on any atom is -0.303 e. The van der Waals surface area contributed by atoms with E-state index >= 15 is 0 Å². The van der Waals surface area contributed by atoms with E-state index in [0.29, 0.717) is 0 Å². The lowest BCUT2D eigenvalue weighted by Gasteiger charge is -2.12. The van der Waals surface area contributed by atoms with Crippen molar-refractivity contribution in [3.05, 3.63) is 0 Å². The van der Waals surface area contributed by atoms with Crippen LogP contribution in [0.2, 0.25) is 0 Å². The summed E-state index contributed by atoms with van der Waals surface area (Å²) in [7, 11) is -4.25. The topological polar surface area (TPSA) is 66.8 Å². The van der Waals surface area contributed by atoms with E-state index in [1.807, 2.05) is 13.8 Å². The summed E-state index contributed by atoms with van der Waals surface area (Å²) in [4.78, 5) is 16.7. The molecule has 0 heterocycles. The van der Waals surface area contributed by atoms with Gasteiger partial charge in [0.25, 0.3) is 0 Å². The van der Waals surface area contributed by atoms with Crippen LogP contribution >= 0.6 is 7.82 Å². The van der Waals surface area contributed by atoms with E-state index in [1.165, 1.54) is 0 Å². The van der Waals surface area contributed by atoms with Gasteiger partial charge in [-0.2, -0.15) is 0 Å². The van der Waals surface area contributed by atoms with Crippen LogP contribution in [0.15, 0.2) is 0 Å². The third-order valence-electron chi connectivity index (χ3n) is 1.63. The van der Waals surface area contributed by atoms with E-state index in [9.17, 15) is 4.57 Å². The van der Waals surface area contributed by atoms with Crippen LogP contribution in [-0.4, -0.2) is 16.4 Å². The van der Waals surface area contributed by atoms with Gasteiger partial charge in [-0.15, -0.1) is 0 Å². The molecule has 0 radical (unpaired) electrons. The molecule has 0 atom stereocenters. The Bertz CT molecular complexity index is 138. The molecule has 68 valence electrons. The predicted octanol–water partition coefficient (Wildman–Crippen LogP) is 1.53. The molecule has 0 aromatic rings. The molecule has 11 heavy (non-hydrogen) atoms. The third-order valence-corrected chi connectivity index (χ3v) is 2.12. The quantitative estimate of drug-likeness (QED) is 0.633. The average Bonchev–Trinajstić information content (AvgIpc) is 1.88. The fraction of sp³-hybridized carbons (Fsp3) is 1.00. The highest BCUT2D eigenvalue weighted by Gasteiger charge is 2.15. The van der Waals surface area contributed by atoms with Crippen LogP contribution < -0.4 is 0 Å². The summed E-state index contributed by atoms with van der Waals surface area (Å²) in [6.07, 6.45) is 1.77. The lowest BCUT2D eigenvalue weighted by Crippen LogP contribution is -2.05. The van der Waals surface area contributed by atoms with Crippen LogP contribution in [0.3, 0.4) is 0 Å². The highest BCUT2D eigenvalue weighted by Crippen LogP contribution is 2.36. The molecular weight excluding hydrogens is 167 g/mol. The lowest BCUT2D eigenvalue weighted by atomic mass is 10.1. The van der Waals surface area contributed by atoms with Crippen molar-refractivity contribution in [2.24, 2.45) is 5.92 Å². The van der Waals surface area contributed by atoms with Gasteiger partial charge in [-0.3, -0.25) is 4.52 Å². The van der Waals surface area contributed by atoms with Crippen molar-refractivity contribution in [2.75, 3.05) is 6.61 Å². The second-order valence-corrected chi connectivity index (χ2v) is 3.71. The van der Waals surface area contributed by atoms with Gasteiger partial charge in [0.05, 0.1) is 6.61 Å². The molecule has 2 N–H and O–H groups in total. The molecule has 0 amide bonds. The number of hydrogen-bond acceptors (Lipinski definition) is 2. The van der Waals surface area contributed by atoms with Crippen molar-refractivity contribution < 1.29 is 18.9 Å². The Morgan fingerprint density at radius 1 is 1.36 bits per heavy atom. The molecule has 0 saturated carbocycles. The summed E-state index contributed by atoms with van der Waals surface area (Å²) in [5.74, 6) is 0.252. The van der Waals surface area contributed by atoms with Gasteiger partial charge in [0.2, 0.25) is 0 Å². The lowest BCUT2D eigenvalue weighted by molar-refractivity contribution is 0.164. The molecule has 5 heteroatoms. The Balaban J connectivity index is 3.59. The maximum absolute atomic E-state index is 10.2. The van der Waals surface area contributed by atoms with Crippen LogP contribution in [0.5, 0.6) is 0 Å². The summed E-state index contributed by atoms with van der Waals surface area (Å²) >= 11 is 0. The molecule has 0 saturated heterocycles. The van der Waals surface area contributed by atoms with Gasteiger partial charge >= 0.3 is 7.82 Å². The summed E-state index contributed by atoms with van der Waals surface area (Å²) in [6.45, 7) is 4.09. The van der Waals surface area contributed by atoms with Gasteiger partial charge in [-0.25, -0.2) is 4.57 Å². The van der Waals surface area contributed by atoms with Gasteiger partial charge in [0, 0.05) is 0 Å². The van der Waals surface area contributed by atoms with Crippen molar-refractivity contribution in [2.45, 2.75) is 26.7 Å². The van der Waals surface area contributed by atoms with E-state index in [1.54, 1.807) is 0 Å². The number of phosphoric ester groups is 1. The summed E-state index contributed by atoms with van der Waals surface area (Å²) in [5.41, 5.74) is 0. The van der Waals surface area contributed by atoms with Crippen molar-refractivity contribution >= 4 is 7.82 Å². The molecule has 0 spiro atoms. The Kier molecular flexibility index (Phi) is 4.93. The van der Waals surface area contributed by atoms with E-state index in [-0.39, 0.29) is 12.5 Å². The minimum absolute atomic E-state index is 0.150. The van der Waals surface area contributed by atoms with Crippen LogP contribution in [0.25, 0.3) is 0 Å². The molecule has 0 aliphatic heterocycles. The average molecular weight is 182 g/mol. The number of hydrogen-bond donors (Lipinski definition) is 2. The summed E-state index contributed by atoms with van der Waals surface area (Å²) in [5, 5.41) is 0. The normalized spacial score (nSPS) is 12.5. The first-order valence-electron chi connectivity index (χ1n) is 3.69. The molecule has 0 aliphatic carbocycles. The van der Waals surface area contributed by atoms with Crippen molar-refractivity contribution in [3.8, 4) is 0 Å². The van der Waals surface area contributed by atoms with Gasteiger partial charge in [0.1, 0.15) is 0 Å². The van der Waals surface area contributed by atoms with Crippen LogP contribution in [0.4, 0.5) is 0 Å². The molecule has 0 aromatic heterocycles. The van der Waals surface area contributed by atoms with Gasteiger partial charge in [-0.1, -0.05) is 26.7 Å². The number of phosphoric acid groups is 1. The molecule has 0 rings (SSSR count). The predicted molar refractivity (Wildman–Crippen MR) is 42.1 cm³/mol. The zero-order valence-corrected chi connectivity index (χ0v) is 7.75. The maximum atomic E-state index is 10.2. The van der Waals surface area contributed by atoms with Gasteiger partial charge < -0.3 is 9.79 Å². The SMILES string of the molecule is CCC(CC)COP(=O)(O)O. The maximum Gasteiger partial charge on any atom is 0.469 e. The third kappa shape index (κ3) is 6.51. The molecule has 0 aromatic carbocycles.